The predicted molar refractivity (Wildman–Crippen MR) is 89.3 cm³/mol. The molecule has 3 aromatic rings. The summed E-state index contributed by atoms with van der Waals surface area (Å²) in [6, 6.07) is 12.7. The molecule has 0 spiro atoms. The standard InChI is InChI=1S/C18H16N2O3/c21-11-12-5-6-17(15(9-12)18(22)23)19-8-7-13-10-20-16-4-2-1-3-14(13)16/h1-6,9-11,19-20H,7-8H2,(H,22,23). The number of aromatic nitrogens is 1. The van der Waals surface area contributed by atoms with Gasteiger partial charge in [-0.3, -0.25) is 4.79 Å². The van der Waals surface area contributed by atoms with Crippen LogP contribution in [0, 0.1) is 0 Å². The Kier molecular flexibility index (Phi) is 4.10. The lowest BCUT2D eigenvalue weighted by Crippen LogP contribution is -2.10. The average Bonchev–Trinajstić information content (AvgIpc) is 2.98. The van der Waals surface area contributed by atoms with Crippen LogP contribution in [0.1, 0.15) is 26.3 Å². The zero-order valence-electron chi connectivity index (χ0n) is 12.4. The van der Waals surface area contributed by atoms with E-state index >= 15 is 0 Å². The molecule has 3 N–H and O–H groups in total. The monoisotopic (exact) mass is 308 g/mol. The number of rotatable bonds is 6. The Balaban J connectivity index is 1.73. The van der Waals surface area contributed by atoms with Crippen molar-refractivity contribution < 1.29 is 14.7 Å². The number of benzene rings is 2. The first-order valence-electron chi connectivity index (χ1n) is 7.30. The van der Waals surface area contributed by atoms with Crippen LogP contribution >= 0.6 is 0 Å². The minimum atomic E-state index is -1.05. The van der Waals surface area contributed by atoms with Gasteiger partial charge in [-0.25, -0.2) is 4.79 Å². The molecule has 1 heterocycles. The molecule has 0 aliphatic heterocycles. The van der Waals surface area contributed by atoms with E-state index in [-0.39, 0.29) is 5.56 Å². The van der Waals surface area contributed by atoms with Gasteiger partial charge in [-0.15, -0.1) is 0 Å². The molecule has 0 amide bonds. The third-order valence-electron chi connectivity index (χ3n) is 3.79. The lowest BCUT2D eigenvalue weighted by molar-refractivity contribution is 0.0698. The molecule has 0 fully saturated rings. The number of aromatic carboxylic acids is 1. The maximum atomic E-state index is 11.3. The molecular formula is C18H16N2O3. The summed E-state index contributed by atoms with van der Waals surface area (Å²) in [5.41, 5.74) is 3.24. The number of aromatic amines is 1. The van der Waals surface area contributed by atoms with E-state index in [2.05, 4.69) is 16.4 Å². The third-order valence-corrected chi connectivity index (χ3v) is 3.79. The quantitative estimate of drug-likeness (QED) is 0.610. The van der Waals surface area contributed by atoms with Crippen molar-refractivity contribution in [2.75, 3.05) is 11.9 Å². The van der Waals surface area contributed by atoms with Gasteiger partial charge >= 0.3 is 5.97 Å². The largest absolute Gasteiger partial charge is 0.478 e. The normalized spacial score (nSPS) is 10.6. The topological polar surface area (TPSA) is 82.2 Å². The van der Waals surface area contributed by atoms with Gasteiger partial charge in [-0.05, 0) is 36.2 Å². The SMILES string of the molecule is O=Cc1ccc(NCCc2c[nH]c3ccccc23)c(C(=O)O)c1. The fourth-order valence-corrected chi connectivity index (χ4v) is 2.64. The first kappa shape index (κ1) is 14.8. The average molecular weight is 308 g/mol. The lowest BCUT2D eigenvalue weighted by atomic mass is 10.1. The molecular weight excluding hydrogens is 292 g/mol. The van der Waals surface area contributed by atoms with Gasteiger partial charge in [-0.2, -0.15) is 0 Å². The number of nitrogens with one attached hydrogen (secondary N) is 2. The lowest BCUT2D eigenvalue weighted by Gasteiger charge is -2.10. The van der Waals surface area contributed by atoms with Crippen molar-refractivity contribution in [1.82, 2.24) is 4.98 Å². The predicted octanol–water partition coefficient (Wildman–Crippen LogP) is 3.33. The maximum Gasteiger partial charge on any atom is 0.337 e. The van der Waals surface area contributed by atoms with Crippen LogP contribution in [0.2, 0.25) is 0 Å². The summed E-state index contributed by atoms with van der Waals surface area (Å²) in [5.74, 6) is -1.05. The van der Waals surface area contributed by atoms with Crippen molar-refractivity contribution in [2.24, 2.45) is 0 Å². The Morgan fingerprint density at radius 3 is 2.83 bits per heavy atom. The molecule has 0 saturated carbocycles. The first-order chi connectivity index (χ1) is 11.2. The van der Waals surface area contributed by atoms with Crippen LogP contribution in [0.15, 0.2) is 48.7 Å². The Morgan fingerprint density at radius 1 is 1.22 bits per heavy atom. The summed E-state index contributed by atoms with van der Waals surface area (Å²) >= 11 is 0. The van der Waals surface area contributed by atoms with E-state index in [9.17, 15) is 14.7 Å². The van der Waals surface area contributed by atoms with Gasteiger partial charge in [0.25, 0.3) is 0 Å². The van der Waals surface area contributed by atoms with Crippen molar-refractivity contribution in [3.05, 3.63) is 65.4 Å². The zero-order chi connectivity index (χ0) is 16.2. The molecule has 0 aliphatic rings. The molecule has 0 aliphatic carbocycles. The highest BCUT2D eigenvalue weighted by molar-refractivity contribution is 5.96. The number of carboxylic acids is 1. The van der Waals surface area contributed by atoms with Gasteiger partial charge in [0.15, 0.2) is 0 Å². The molecule has 23 heavy (non-hydrogen) atoms. The van der Waals surface area contributed by atoms with Crippen molar-refractivity contribution >= 4 is 28.8 Å². The summed E-state index contributed by atoms with van der Waals surface area (Å²) in [4.78, 5) is 25.3. The van der Waals surface area contributed by atoms with Crippen molar-refractivity contribution in [3.63, 3.8) is 0 Å². The van der Waals surface area contributed by atoms with E-state index in [1.54, 1.807) is 12.1 Å². The minimum absolute atomic E-state index is 0.105. The molecule has 0 saturated heterocycles. The van der Waals surface area contributed by atoms with E-state index in [1.807, 2.05) is 24.4 Å². The molecule has 5 heteroatoms. The Labute approximate surface area is 133 Å². The number of hydrogen-bond donors (Lipinski definition) is 3. The van der Waals surface area contributed by atoms with Crippen LogP contribution < -0.4 is 5.32 Å². The van der Waals surface area contributed by atoms with E-state index < -0.39 is 5.97 Å². The Bertz CT molecular complexity index is 868. The van der Waals surface area contributed by atoms with Gasteiger partial charge in [0, 0.05) is 34.9 Å². The number of anilines is 1. The first-order valence-corrected chi connectivity index (χ1v) is 7.30. The second-order valence-corrected chi connectivity index (χ2v) is 5.26. The fraction of sp³-hybridized carbons (Fsp3) is 0.111. The highest BCUT2D eigenvalue weighted by Gasteiger charge is 2.11. The summed E-state index contributed by atoms with van der Waals surface area (Å²) in [5, 5.41) is 13.6. The molecule has 0 unspecified atom stereocenters. The number of para-hydroxylation sites is 1. The number of carbonyl (C=O) groups is 2. The van der Waals surface area contributed by atoms with Crippen LogP contribution in [0.5, 0.6) is 0 Å². The van der Waals surface area contributed by atoms with Crippen LogP contribution in [0.4, 0.5) is 5.69 Å². The second-order valence-electron chi connectivity index (χ2n) is 5.26. The minimum Gasteiger partial charge on any atom is -0.478 e. The van der Waals surface area contributed by atoms with Crippen molar-refractivity contribution in [3.8, 4) is 0 Å². The van der Waals surface area contributed by atoms with Crippen molar-refractivity contribution in [1.29, 1.82) is 0 Å². The van der Waals surface area contributed by atoms with Gasteiger partial charge in [0.1, 0.15) is 6.29 Å². The van der Waals surface area contributed by atoms with Gasteiger partial charge in [0.05, 0.1) is 5.56 Å². The molecule has 2 aromatic carbocycles. The van der Waals surface area contributed by atoms with Crippen LogP contribution in [-0.4, -0.2) is 28.9 Å². The van der Waals surface area contributed by atoms with Crippen LogP contribution in [0.25, 0.3) is 10.9 Å². The van der Waals surface area contributed by atoms with E-state index in [4.69, 9.17) is 0 Å². The Hall–Kier alpha value is -3.08. The smallest absolute Gasteiger partial charge is 0.337 e. The van der Waals surface area contributed by atoms with E-state index in [0.717, 1.165) is 11.9 Å². The number of carbonyl (C=O) groups excluding carboxylic acids is 1. The molecule has 0 atom stereocenters. The summed E-state index contributed by atoms with van der Waals surface area (Å²) < 4.78 is 0. The summed E-state index contributed by atoms with van der Waals surface area (Å²) in [6.45, 7) is 0.600. The summed E-state index contributed by atoms with van der Waals surface area (Å²) in [7, 11) is 0. The molecule has 5 nitrogen and oxygen atoms in total. The molecule has 0 radical (unpaired) electrons. The molecule has 1 aromatic heterocycles. The highest BCUT2D eigenvalue weighted by atomic mass is 16.4. The number of hydrogen-bond acceptors (Lipinski definition) is 3. The van der Waals surface area contributed by atoms with Gasteiger partial charge < -0.3 is 15.4 Å². The number of fused-ring (bicyclic) bond motifs is 1. The van der Waals surface area contributed by atoms with Crippen LogP contribution in [-0.2, 0) is 6.42 Å². The summed E-state index contributed by atoms with van der Waals surface area (Å²) in [6.07, 6.45) is 3.38. The number of aldehydes is 1. The van der Waals surface area contributed by atoms with Gasteiger partial charge in [0.2, 0.25) is 0 Å². The third kappa shape index (κ3) is 3.08. The zero-order valence-corrected chi connectivity index (χ0v) is 12.4. The Morgan fingerprint density at radius 2 is 2.04 bits per heavy atom. The fourth-order valence-electron chi connectivity index (χ4n) is 2.64. The highest BCUT2D eigenvalue weighted by Crippen LogP contribution is 2.20. The van der Waals surface area contributed by atoms with Gasteiger partial charge in [-0.1, -0.05) is 18.2 Å². The van der Waals surface area contributed by atoms with E-state index in [1.165, 1.54) is 17.0 Å². The molecule has 0 bridgehead atoms. The molecule has 116 valence electrons. The number of H-pyrrole nitrogens is 1. The maximum absolute atomic E-state index is 11.3. The van der Waals surface area contributed by atoms with E-state index in [0.29, 0.717) is 24.1 Å². The number of carboxylic acid groups (broad SMARTS) is 1. The van der Waals surface area contributed by atoms with Crippen molar-refractivity contribution in [2.45, 2.75) is 6.42 Å². The second kappa shape index (κ2) is 6.36. The molecule has 3 rings (SSSR count). The van der Waals surface area contributed by atoms with Crippen LogP contribution in [0.3, 0.4) is 0 Å².